The summed E-state index contributed by atoms with van der Waals surface area (Å²) in [5.74, 6) is -0.997. The largest absolute Gasteiger partial charge is 0.504 e. The summed E-state index contributed by atoms with van der Waals surface area (Å²) < 4.78 is 18.8. The number of amides is 3. The third-order valence-electron chi connectivity index (χ3n) is 3.80. The number of ether oxygens (including phenoxy) is 1. The molecule has 0 aromatic heterocycles. The van der Waals surface area contributed by atoms with Gasteiger partial charge in [-0.15, -0.1) is 0 Å². The lowest BCUT2D eigenvalue weighted by molar-refractivity contribution is -0.123. The zero-order valence-electron chi connectivity index (χ0n) is 13.3. The Balaban J connectivity index is 1.88. The summed E-state index contributed by atoms with van der Waals surface area (Å²) in [4.78, 5) is 25.4. The van der Waals surface area contributed by atoms with Crippen LogP contribution in [0.25, 0.3) is 6.08 Å². The minimum Gasteiger partial charge on any atom is -0.504 e. The van der Waals surface area contributed by atoms with Crippen LogP contribution >= 0.6 is 0 Å². The number of halogens is 1. The number of carbonyl (C=O) groups excluding carboxylic acids is 2. The molecular weight excluding hydrogens is 327 g/mol. The third-order valence-corrected chi connectivity index (χ3v) is 3.80. The standard InChI is InChI=1S/C18H15FN2O4/c1-25-15-8-4-6-11(16(15)22)9-14-17(23)21(18(24)20-14)10-12-5-2-3-7-13(12)19/h2-9,22H,10H2,1H3,(H,20,24). The van der Waals surface area contributed by atoms with Gasteiger partial charge in [-0.1, -0.05) is 30.3 Å². The number of imide groups is 1. The van der Waals surface area contributed by atoms with Gasteiger partial charge < -0.3 is 15.2 Å². The average molecular weight is 342 g/mol. The number of nitrogens with zero attached hydrogens (tertiary/aromatic N) is 1. The number of aromatic hydroxyl groups is 1. The first-order chi connectivity index (χ1) is 12.0. The smallest absolute Gasteiger partial charge is 0.329 e. The van der Waals surface area contributed by atoms with Crippen molar-refractivity contribution >= 4 is 18.0 Å². The molecule has 0 saturated carbocycles. The van der Waals surface area contributed by atoms with Crippen LogP contribution in [0, 0.1) is 5.82 Å². The van der Waals surface area contributed by atoms with E-state index in [-0.39, 0.29) is 29.3 Å². The van der Waals surface area contributed by atoms with Crippen LogP contribution in [0.5, 0.6) is 11.5 Å². The molecule has 1 heterocycles. The van der Waals surface area contributed by atoms with Gasteiger partial charge in [-0.25, -0.2) is 9.18 Å². The number of rotatable bonds is 4. The van der Waals surface area contributed by atoms with Gasteiger partial charge in [0.2, 0.25) is 0 Å². The van der Waals surface area contributed by atoms with Crippen molar-refractivity contribution in [3.63, 3.8) is 0 Å². The van der Waals surface area contributed by atoms with Gasteiger partial charge in [-0.3, -0.25) is 9.69 Å². The molecule has 0 spiro atoms. The lowest BCUT2D eigenvalue weighted by Crippen LogP contribution is -2.30. The third kappa shape index (κ3) is 3.16. The number of urea groups is 1. The van der Waals surface area contributed by atoms with E-state index in [1.807, 2.05) is 0 Å². The Morgan fingerprint density at radius 3 is 2.68 bits per heavy atom. The van der Waals surface area contributed by atoms with Crippen molar-refractivity contribution in [1.29, 1.82) is 0 Å². The molecule has 0 aliphatic carbocycles. The Morgan fingerprint density at radius 1 is 1.20 bits per heavy atom. The molecule has 1 fully saturated rings. The second-order valence-electron chi connectivity index (χ2n) is 5.37. The van der Waals surface area contributed by atoms with Crippen LogP contribution < -0.4 is 10.1 Å². The molecule has 2 aromatic rings. The highest BCUT2D eigenvalue weighted by molar-refractivity contribution is 6.14. The molecule has 2 N–H and O–H groups in total. The molecule has 0 atom stereocenters. The Bertz CT molecular complexity index is 879. The highest BCUT2D eigenvalue weighted by atomic mass is 19.1. The molecule has 3 amide bonds. The van der Waals surface area contributed by atoms with E-state index in [2.05, 4.69) is 5.32 Å². The second kappa shape index (κ2) is 6.64. The van der Waals surface area contributed by atoms with Gasteiger partial charge in [-0.2, -0.15) is 0 Å². The van der Waals surface area contributed by atoms with Crippen LogP contribution in [-0.2, 0) is 11.3 Å². The molecule has 2 aromatic carbocycles. The molecule has 128 valence electrons. The van der Waals surface area contributed by atoms with Gasteiger partial charge in [0.25, 0.3) is 5.91 Å². The van der Waals surface area contributed by atoms with E-state index in [9.17, 15) is 19.1 Å². The Labute approximate surface area is 143 Å². The van der Waals surface area contributed by atoms with Crippen molar-refractivity contribution < 1.29 is 23.8 Å². The van der Waals surface area contributed by atoms with E-state index in [0.717, 1.165) is 4.90 Å². The van der Waals surface area contributed by atoms with E-state index in [1.165, 1.54) is 31.4 Å². The van der Waals surface area contributed by atoms with E-state index >= 15 is 0 Å². The van der Waals surface area contributed by atoms with Crippen molar-refractivity contribution in [3.8, 4) is 11.5 Å². The molecule has 0 radical (unpaired) electrons. The number of methoxy groups -OCH3 is 1. The minimum absolute atomic E-state index is 0.00936. The predicted molar refractivity (Wildman–Crippen MR) is 88.1 cm³/mol. The first kappa shape index (κ1) is 16.5. The Kier molecular flexibility index (Phi) is 4.38. The minimum atomic E-state index is -0.651. The molecule has 1 saturated heterocycles. The monoisotopic (exact) mass is 342 g/mol. The number of para-hydroxylation sites is 1. The normalized spacial score (nSPS) is 15.6. The number of carbonyl (C=O) groups is 2. The van der Waals surface area contributed by atoms with E-state index in [1.54, 1.807) is 24.3 Å². The van der Waals surface area contributed by atoms with E-state index < -0.39 is 17.8 Å². The van der Waals surface area contributed by atoms with Gasteiger partial charge in [0, 0.05) is 11.1 Å². The number of hydrogen-bond acceptors (Lipinski definition) is 4. The second-order valence-corrected chi connectivity index (χ2v) is 5.37. The highest BCUT2D eigenvalue weighted by Gasteiger charge is 2.34. The van der Waals surface area contributed by atoms with Crippen LogP contribution in [-0.4, -0.2) is 29.1 Å². The molecule has 0 bridgehead atoms. The van der Waals surface area contributed by atoms with E-state index in [0.29, 0.717) is 5.56 Å². The van der Waals surface area contributed by atoms with Crippen LogP contribution in [0.1, 0.15) is 11.1 Å². The summed E-state index contributed by atoms with van der Waals surface area (Å²) in [6, 6.07) is 10.1. The molecular formula is C18H15FN2O4. The summed E-state index contributed by atoms with van der Waals surface area (Å²) >= 11 is 0. The molecule has 6 nitrogen and oxygen atoms in total. The molecule has 3 rings (SSSR count). The summed E-state index contributed by atoms with van der Waals surface area (Å²) in [5, 5.41) is 12.5. The van der Waals surface area contributed by atoms with Crippen LogP contribution in [0.3, 0.4) is 0 Å². The lowest BCUT2D eigenvalue weighted by Gasteiger charge is -2.12. The SMILES string of the molecule is COc1cccc(C=C2NC(=O)N(Cc3ccccc3F)C2=O)c1O. The van der Waals surface area contributed by atoms with Gasteiger partial charge >= 0.3 is 6.03 Å². The maximum absolute atomic E-state index is 13.7. The van der Waals surface area contributed by atoms with Gasteiger partial charge in [0.1, 0.15) is 11.5 Å². The zero-order chi connectivity index (χ0) is 18.0. The molecule has 1 aliphatic heterocycles. The van der Waals surface area contributed by atoms with Gasteiger partial charge in [0.05, 0.1) is 13.7 Å². The van der Waals surface area contributed by atoms with Crippen LogP contribution in [0.2, 0.25) is 0 Å². The maximum atomic E-state index is 13.7. The summed E-state index contributed by atoms with van der Waals surface area (Å²) in [5.41, 5.74) is 0.539. The molecule has 1 aliphatic rings. The quantitative estimate of drug-likeness (QED) is 0.661. The predicted octanol–water partition coefficient (Wildman–Crippen LogP) is 2.63. The lowest BCUT2D eigenvalue weighted by atomic mass is 10.1. The fourth-order valence-corrected chi connectivity index (χ4v) is 2.49. The van der Waals surface area contributed by atoms with Gasteiger partial charge in [-0.05, 0) is 18.2 Å². The van der Waals surface area contributed by atoms with Gasteiger partial charge in [0.15, 0.2) is 11.5 Å². The average Bonchev–Trinajstić information content (AvgIpc) is 2.86. The van der Waals surface area contributed by atoms with Crippen molar-refractivity contribution in [2.45, 2.75) is 6.54 Å². The fraction of sp³-hybridized carbons (Fsp3) is 0.111. The number of phenolic OH excluding ortho intramolecular Hbond substituents is 1. The van der Waals surface area contributed by atoms with Crippen molar-refractivity contribution in [2.24, 2.45) is 0 Å². The zero-order valence-corrected chi connectivity index (χ0v) is 13.3. The summed E-state index contributed by atoms with van der Waals surface area (Å²) in [7, 11) is 1.41. The van der Waals surface area contributed by atoms with E-state index in [4.69, 9.17) is 4.74 Å². The Hall–Kier alpha value is -3.35. The Morgan fingerprint density at radius 2 is 1.96 bits per heavy atom. The summed E-state index contributed by atoms with van der Waals surface area (Å²) in [6.07, 6.45) is 1.35. The molecule has 0 unspecified atom stereocenters. The summed E-state index contributed by atoms with van der Waals surface area (Å²) in [6.45, 7) is -0.182. The fourth-order valence-electron chi connectivity index (χ4n) is 2.49. The van der Waals surface area contributed by atoms with Crippen molar-refractivity contribution in [3.05, 3.63) is 65.1 Å². The van der Waals surface area contributed by atoms with Crippen LogP contribution in [0.4, 0.5) is 9.18 Å². The number of benzene rings is 2. The first-order valence-electron chi connectivity index (χ1n) is 7.45. The number of phenols is 1. The van der Waals surface area contributed by atoms with Crippen molar-refractivity contribution in [2.75, 3.05) is 7.11 Å². The number of hydrogen-bond donors (Lipinski definition) is 2. The first-order valence-corrected chi connectivity index (χ1v) is 7.45. The highest BCUT2D eigenvalue weighted by Crippen LogP contribution is 2.31. The molecule has 25 heavy (non-hydrogen) atoms. The molecule has 7 heteroatoms. The topological polar surface area (TPSA) is 78.9 Å². The number of nitrogens with one attached hydrogen (secondary N) is 1. The van der Waals surface area contributed by atoms with Crippen LogP contribution in [0.15, 0.2) is 48.2 Å². The maximum Gasteiger partial charge on any atom is 0.329 e. The van der Waals surface area contributed by atoms with Crippen molar-refractivity contribution in [1.82, 2.24) is 10.2 Å².